The van der Waals surface area contributed by atoms with Crippen molar-refractivity contribution in [1.82, 2.24) is 19.9 Å². The molecule has 4 amide bonds. The van der Waals surface area contributed by atoms with E-state index in [0.29, 0.717) is 46.6 Å². The highest BCUT2D eigenvalue weighted by atomic mass is 32.2. The quantitative estimate of drug-likeness (QED) is 0.133. The number of sulfonamides is 1. The number of hydrogen-bond donors (Lipinski definition) is 3. The minimum atomic E-state index is -3.94. The van der Waals surface area contributed by atoms with Crippen LogP contribution in [0.15, 0.2) is 91.5 Å². The van der Waals surface area contributed by atoms with Crippen LogP contribution in [0.1, 0.15) is 46.5 Å². The van der Waals surface area contributed by atoms with E-state index in [1.165, 1.54) is 11.0 Å². The minimum Gasteiger partial charge on any atom is -0.497 e. The number of hydrogen-bond acceptors (Lipinski definition) is 11. The molecule has 2 aliphatic carbocycles. The van der Waals surface area contributed by atoms with Crippen LogP contribution >= 0.6 is 0 Å². The summed E-state index contributed by atoms with van der Waals surface area (Å²) in [6.07, 6.45) is -0.526. The van der Waals surface area contributed by atoms with Gasteiger partial charge in [-0.05, 0) is 55.7 Å². The van der Waals surface area contributed by atoms with Crippen molar-refractivity contribution >= 4 is 56.1 Å². The molecule has 61 heavy (non-hydrogen) atoms. The van der Waals surface area contributed by atoms with Crippen LogP contribution in [0.5, 0.6) is 11.5 Å². The van der Waals surface area contributed by atoms with Gasteiger partial charge in [-0.2, -0.15) is 0 Å². The van der Waals surface area contributed by atoms with Gasteiger partial charge in [-0.25, -0.2) is 18.2 Å². The van der Waals surface area contributed by atoms with E-state index < -0.39 is 74.2 Å². The SMILES string of the molecule is C=CC1CC1(NC(=O)[C@@H]1CC(Oc2cc(-c3ccccc3)nc3cc(OC)ccc23)CN1C(=O)[C@@H](OC(=O)Nc1ccc(N(C)C)cc1)C(C)(C)C)C(=O)NS(=O)(=O)C1CC1. The number of amides is 4. The van der Waals surface area contributed by atoms with Gasteiger partial charge >= 0.3 is 6.09 Å². The van der Waals surface area contributed by atoms with Gasteiger partial charge in [-0.1, -0.05) is 57.2 Å². The molecule has 16 heteroatoms. The standard InChI is InChI=1S/C45H52N6O9S/c1-8-28-25-45(28,42(54)49-61(56,57)33-19-20-33)48-40(52)37-23-32(59-38-24-35(27-12-10-9-11-13-27)47-36-22-31(58-7)18-21-34(36)38)26-51(37)41(53)39(44(2,3)4)60-43(55)46-29-14-16-30(17-15-29)50(5)6/h8-18,21-22,24,28,32-33,37,39H,1,19-20,23,25-26H2,2-7H3,(H,46,55)(H,48,52)(H,49,54)/t28?,32?,37-,39+,45?/m0/s1. The Morgan fingerprint density at radius 1 is 1.00 bits per heavy atom. The lowest BCUT2D eigenvalue weighted by molar-refractivity contribution is -0.150. The molecule has 4 aromatic rings. The largest absolute Gasteiger partial charge is 0.497 e. The molecule has 2 saturated carbocycles. The Balaban J connectivity index is 1.20. The second-order valence-corrected chi connectivity index (χ2v) is 19.1. The molecule has 7 rings (SSSR count). The molecule has 3 N–H and O–H groups in total. The van der Waals surface area contributed by atoms with E-state index in [4.69, 9.17) is 19.2 Å². The molecule has 3 fully saturated rings. The Hall–Kier alpha value is -6.16. The zero-order chi connectivity index (χ0) is 43.9. The first-order chi connectivity index (χ1) is 28.9. The summed E-state index contributed by atoms with van der Waals surface area (Å²) in [6, 6.07) is 22.6. The predicted molar refractivity (Wildman–Crippen MR) is 232 cm³/mol. The Morgan fingerprint density at radius 3 is 2.31 bits per heavy atom. The Kier molecular flexibility index (Phi) is 11.8. The first-order valence-corrected chi connectivity index (χ1v) is 21.7. The maximum absolute atomic E-state index is 14.8. The third-order valence-electron chi connectivity index (χ3n) is 11.3. The monoisotopic (exact) mass is 852 g/mol. The number of likely N-dealkylation sites (tertiary alicyclic amines) is 1. The van der Waals surface area contributed by atoms with Gasteiger partial charge in [0.15, 0.2) is 6.10 Å². The first-order valence-electron chi connectivity index (χ1n) is 20.2. The van der Waals surface area contributed by atoms with Crippen molar-refractivity contribution in [2.45, 2.75) is 75.5 Å². The van der Waals surface area contributed by atoms with E-state index in [1.54, 1.807) is 58.2 Å². The maximum Gasteiger partial charge on any atom is 0.412 e. The van der Waals surface area contributed by atoms with Crippen LogP contribution in [0.4, 0.5) is 16.2 Å². The lowest BCUT2D eigenvalue weighted by Crippen LogP contribution is -2.58. The second kappa shape index (κ2) is 16.7. The number of anilines is 2. The Bertz CT molecular complexity index is 2450. The van der Waals surface area contributed by atoms with Gasteiger partial charge in [-0.15, -0.1) is 6.58 Å². The van der Waals surface area contributed by atoms with Gasteiger partial charge in [-0.3, -0.25) is 24.4 Å². The summed E-state index contributed by atoms with van der Waals surface area (Å²) in [4.78, 5) is 64.6. The van der Waals surface area contributed by atoms with E-state index in [2.05, 4.69) is 21.9 Å². The maximum atomic E-state index is 14.8. The molecular formula is C45H52N6O9S. The number of nitrogens with one attached hydrogen (secondary N) is 3. The van der Waals surface area contributed by atoms with E-state index in [9.17, 15) is 27.6 Å². The molecule has 1 aromatic heterocycles. The highest BCUT2D eigenvalue weighted by Gasteiger charge is 2.62. The lowest BCUT2D eigenvalue weighted by atomic mass is 9.88. The number of methoxy groups -OCH3 is 1. The number of pyridine rings is 1. The zero-order valence-electron chi connectivity index (χ0n) is 35.1. The van der Waals surface area contributed by atoms with Crippen molar-refractivity contribution in [2.75, 3.05) is 38.0 Å². The molecule has 0 bridgehead atoms. The van der Waals surface area contributed by atoms with Crippen LogP contribution < -0.4 is 29.7 Å². The van der Waals surface area contributed by atoms with Crippen molar-refractivity contribution in [3.05, 3.63) is 91.5 Å². The summed E-state index contributed by atoms with van der Waals surface area (Å²) < 4.78 is 45.9. The first kappa shape index (κ1) is 42.9. The molecule has 1 saturated heterocycles. The van der Waals surface area contributed by atoms with Gasteiger partial charge in [0, 0.05) is 66.3 Å². The third kappa shape index (κ3) is 9.28. The molecule has 2 heterocycles. The Labute approximate surface area is 355 Å². The van der Waals surface area contributed by atoms with Gasteiger partial charge in [0.05, 0.1) is 30.1 Å². The van der Waals surface area contributed by atoms with E-state index >= 15 is 0 Å². The summed E-state index contributed by atoms with van der Waals surface area (Å²) in [5.74, 6) is -1.73. The summed E-state index contributed by atoms with van der Waals surface area (Å²) in [7, 11) is 1.42. The molecular weight excluding hydrogens is 801 g/mol. The fourth-order valence-electron chi connectivity index (χ4n) is 7.58. The van der Waals surface area contributed by atoms with E-state index in [-0.39, 0.29) is 19.4 Å². The van der Waals surface area contributed by atoms with Crippen LogP contribution in [0.2, 0.25) is 0 Å². The fraction of sp³-hybridized carbons (Fsp3) is 0.400. The summed E-state index contributed by atoms with van der Waals surface area (Å²) in [5.41, 5.74) is 0.882. The van der Waals surface area contributed by atoms with Gasteiger partial charge in [0.1, 0.15) is 29.2 Å². The number of benzene rings is 3. The summed E-state index contributed by atoms with van der Waals surface area (Å²) in [5, 5.41) is 5.51. The van der Waals surface area contributed by atoms with Crippen molar-refractivity contribution in [1.29, 1.82) is 0 Å². The molecule has 3 aliphatic rings. The second-order valence-electron chi connectivity index (χ2n) is 17.1. The van der Waals surface area contributed by atoms with Crippen LogP contribution in [0, 0.1) is 11.3 Å². The van der Waals surface area contributed by atoms with E-state index in [0.717, 1.165) is 11.3 Å². The lowest BCUT2D eigenvalue weighted by Gasteiger charge is -2.34. The number of aromatic nitrogens is 1. The summed E-state index contributed by atoms with van der Waals surface area (Å²) >= 11 is 0. The van der Waals surface area contributed by atoms with Crippen molar-refractivity contribution in [2.24, 2.45) is 11.3 Å². The highest BCUT2D eigenvalue weighted by molar-refractivity contribution is 7.91. The smallest absolute Gasteiger partial charge is 0.412 e. The molecule has 0 radical (unpaired) electrons. The molecule has 1 aliphatic heterocycles. The van der Waals surface area contributed by atoms with Gasteiger partial charge < -0.3 is 29.3 Å². The predicted octanol–water partition coefficient (Wildman–Crippen LogP) is 5.66. The zero-order valence-corrected chi connectivity index (χ0v) is 36.0. The number of carbonyl (C=O) groups excluding carboxylic acids is 4. The number of fused-ring (bicyclic) bond motifs is 1. The average Bonchev–Trinajstić information content (AvgIpc) is 4.16. The van der Waals surface area contributed by atoms with Gasteiger partial charge in [0.25, 0.3) is 11.8 Å². The summed E-state index contributed by atoms with van der Waals surface area (Å²) in [6.45, 7) is 8.94. The molecule has 5 atom stereocenters. The third-order valence-corrected chi connectivity index (χ3v) is 13.1. The Morgan fingerprint density at radius 2 is 1.70 bits per heavy atom. The number of nitrogens with zero attached hydrogens (tertiary/aromatic N) is 3. The van der Waals surface area contributed by atoms with E-state index in [1.807, 2.05) is 67.5 Å². The normalized spacial score (nSPS) is 21.5. The molecule has 15 nitrogen and oxygen atoms in total. The topological polar surface area (TPSA) is 186 Å². The van der Waals surface area contributed by atoms with Crippen molar-refractivity contribution in [3.8, 4) is 22.8 Å². The molecule has 3 aromatic carbocycles. The van der Waals surface area contributed by atoms with Crippen LogP contribution in [0.3, 0.4) is 0 Å². The van der Waals surface area contributed by atoms with Crippen LogP contribution in [-0.4, -0.2) is 98.9 Å². The van der Waals surface area contributed by atoms with Crippen molar-refractivity contribution in [3.63, 3.8) is 0 Å². The minimum absolute atomic E-state index is 0.0175. The molecule has 3 unspecified atom stereocenters. The van der Waals surface area contributed by atoms with Gasteiger partial charge in [0.2, 0.25) is 15.9 Å². The van der Waals surface area contributed by atoms with Crippen LogP contribution in [-0.2, 0) is 29.1 Å². The van der Waals surface area contributed by atoms with Crippen molar-refractivity contribution < 1.29 is 41.8 Å². The fourth-order valence-corrected chi connectivity index (χ4v) is 8.94. The number of ether oxygens (including phenoxy) is 3. The molecule has 322 valence electrons. The average molecular weight is 853 g/mol. The number of carbonyl (C=O) groups is 4. The van der Waals surface area contributed by atoms with Crippen LogP contribution in [0.25, 0.3) is 22.2 Å². The highest BCUT2D eigenvalue weighted by Crippen LogP contribution is 2.46. The molecule has 0 spiro atoms. The number of rotatable bonds is 14.